The lowest BCUT2D eigenvalue weighted by molar-refractivity contribution is -0.894. The first-order chi connectivity index (χ1) is 34.4. The Kier molecular flexibility index (Phi) is 27.3. The molecule has 1 N–H and O–H groups in total. The van der Waals surface area contributed by atoms with Gasteiger partial charge >= 0.3 is 35.8 Å². The number of esters is 6. The maximum Gasteiger partial charge on any atom is 0.338 e. The van der Waals surface area contributed by atoms with Crippen molar-refractivity contribution < 1.29 is 99.2 Å². The number of hydrogen-bond donors (Lipinski definition) is 1. The minimum Gasteiger partial charge on any atom is -0.756 e. The molecule has 20 nitrogen and oxygen atoms in total. The van der Waals surface area contributed by atoms with Gasteiger partial charge < -0.3 is 56.9 Å². The summed E-state index contributed by atoms with van der Waals surface area (Å²) in [5, 5.41) is 0. The van der Waals surface area contributed by atoms with Crippen LogP contribution < -0.4 is 9.79 Å². The standard InChI is InChI=1S/C44H56FO19P.C6H15N/c1-6-7-8-9-10-11-12-19-24-55-65(52,53)64-44-40(62-42(51)32-22-17-14-18-23-32)38(61-41(50)31-20-15-13-16-21-31)35(33(25-45)59-44)63-43-39(58-30(5)49)37(57-29(4)48)36(56-28(3)47)34(60-43)26-54-27(2)46;1-4-7(5-2)6-3/h6,13-18,20-23,33-40,43-44H,1,7-12,19,24-26H2,2-5H3,(H,52,53);4-6H2,1-3H3/t33-,34-,35-,36+,37+,38+,39-,40+,43+,44-;/m1./s1. The molecule has 2 aliphatic heterocycles. The zero-order valence-electron chi connectivity index (χ0n) is 42.1. The highest BCUT2D eigenvalue weighted by Crippen LogP contribution is 2.45. The number of alkyl halides is 1. The number of benzene rings is 2. The van der Waals surface area contributed by atoms with E-state index in [2.05, 4.69) is 27.4 Å². The summed E-state index contributed by atoms with van der Waals surface area (Å²) in [4.78, 5) is 92.1. The third-order valence-corrected chi connectivity index (χ3v) is 12.2. The first-order valence-electron chi connectivity index (χ1n) is 24.2. The summed E-state index contributed by atoms with van der Waals surface area (Å²) < 4.78 is 90.8. The van der Waals surface area contributed by atoms with E-state index in [1.165, 1.54) is 68.2 Å². The Morgan fingerprint density at radius 3 is 1.57 bits per heavy atom. The van der Waals surface area contributed by atoms with Gasteiger partial charge in [0.1, 0.15) is 31.6 Å². The molecule has 402 valence electrons. The molecule has 2 aromatic carbocycles. The van der Waals surface area contributed by atoms with Gasteiger partial charge in [0.25, 0.3) is 7.82 Å². The van der Waals surface area contributed by atoms with Crippen LogP contribution in [0.2, 0.25) is 0 Å². The number of hydrogen-bond acceptors (Lipinski definition) is 19. The van der Waals surface area contributed by atoms with Crippen molar-refractivity contribution in [2.24, 2.45) is 0 Å². The van der Waals surface area contributed by atoms with E-state index in [-0.39, 0.29) is 17.7 Å². The van der Waals surface area contributed by atoms with Gasteiger partial charge in [-0.3, -0.25) is 28.3 Å². The third-order valence-electron chi connectivity index (χ3n) is 11.3. The van der Waals surface area contributed by atoms with E-state index in [1.807, 2.05) is 6.08 Å². The number of allylic oxidation sites excluding steroid dienone is 1. The number of carbonyl (C=O) groups excluding carboxylic acids is 6. The Hall–Kier alpha value is -5.12. The Morgan fingerprint density at radius 1 is 0.625 bits per heavy atom. The smallest absolute Gasteiger partial charge is 0.338 e. The molecule has 4 rings (SSSR count). The van der Waals surface area contributed by atoms with Gasteiger partial charge in [0.05, 0.1) is 37.4 Å². The van der Waals surface area contributed by atoms with Crippen molar-refractivity contribution in [1.82, 2.24) is 0 Å². The molecule has 22 heteroatoms. The molecule has 2 aliphatic rings. The zero-order valence-corrected chi connectivity index (χ0v) is 43.0. The summed E-state index contributed by atoms with van der Waals surface area (Å²) in [5.74, 6) is -5.90. The van der Waals surface area contributed by atoms with Crippen LogP contribution in [-0.2, 0) is 75.4 Å². The summed E-state index contributed by atoms with van der Waals surface area (Å²) in [6.45, 7) is 15.7. The van der Waals surface area contributed by atoms with Crippen molar-refractivity contribution in [3.8, 4) is 0 Å². The number of nitrogens with one attached hydrogen (secondary N) is 1. The molecule has 0 spiro atoms. The molecule has 0 bridgehead atoms. The Labute approximate surface area is 420 Å². The molecular formula is C50H71FNO19P. The number of quaternary nitrogens is 1. The lowest BCUT2D eigenvalue weighted by Crippen LogP contribution is -3.11. The Balaban J connectivity index is 0.00000181. The maximum absolute atomic E-state index is 15.4. The molecule has 2 heterocycles. The molecule has 0 aliphatic carbocycles. The first kappa shape index (κ1) is 61.2. The number of rotatable bonds is 27. The van der Waals surface area contributed by atoms with Gasteiger partial charge in [0.15, 0.2) is 36.8 Å². The van der Waals surface area contributed by atoms with Crippen LogP contribution >= 0.6 is 7.82 Å². The SMILES string of the molecule is C=CCCCCCCCCOP(=O)([O-])O[C@H]1O[C@H](CF)[C@@H](O[C@@H]2O[C@H](COC(C)=O)[C@H](OC(C)=O)[C@H](OC(C)=O)[C@H]2OC(C)=O)[C@H](OC(=O)c2ccccc2)[C@@H]1OC(=O)c1ccccc1.CC[NH+](CC)CC. The number of carbonyl (C=O) groups is 6. The van der Waals surface area contributed by atoms with Crippen LogP contribution in [0.1, 0.15) is 114 Å². The van der Waals surface area contributed by atoms with Gasteiger partial charge in [-0.05, 0) is 64.3 Å². The summed E-state index contributed by atoms with van der Waals surface area (Å²) in [5.41, 5.74) is -0.124. The monoisotopic (exact) mass is 1040 g/mol. The van der Waals surface area contributed by atoms with Crippen molar-refractivity contribution in [1.29, 1.82) is 0 Å². The zero-order chi connectivity index (χ0) is 53.2. The predicted octanol–water partition coefficient (Wildman–Crippen LogP) is 4.95. The number of ether oxygens (including phenoxy) is 9. The molecule has 2 saturated heterocycles. The largest absolute Gasteiger partial charge is 0.756 e. The van der Waals surface area contributed by atoms with Gasteiger partial charge in [0, 0.05) is 27.7 Å². The summed E-state index contributed by atoms with van der Waals surface area (Å²) in [7, 11) is -5.38. The fourth-order valence-electron chi connectivity index (χ4n) is 7.68. The minimum atomic E-state index is -5.38. The van der Waals surface area contributed by atoms with Gasteiger partial charge in [-0.1, -0.05) is 68.2 Å². The van der Waals surface area contributed by atoms with Crippen molar-refractivity contribution >= 4 is 43.6 Å². The summed E-state index contributed by atoms with van der Waals surface area (Å²) >= 11 is 0. The first-order valence-corrected chi connectivity index (χ1v) is 25.6. The lowest BCUT2D eigenvalue weighted by atomic mass is 9.96. The van der Waals surface area contributed by atoms with E-state index < -0.39 is 118 Å². The van der Waals surface area contributed by atoms with Crippen LogP contribution in [0.15, 0.2) is 73.3 Å². The van der Waals surface area contributed by atoms with Gasteiger partial charge in [-0.25, -0.2) is 14.0 Å². The van der Waals surface area contributed by atoms with Crippen LogP contribution in [0.3, 0.4) is 0 Å². The molecular weight excluding hydrogens is 969 g/mol. The van der Waals surface area contributed by atoms with Gasteiger partial charge in [-0.15, -0.1) is 6.58 Å². The lowest BCUT2D eigenvalue weighted by Gasteiger charge is -2.48. The molecule has 0 amide bonds. The average Bonchev–Trinajstić information content (AvgIpc) is 3.34. The quantitative estimate of drug-likeness (QED) is 0.0409. The Morgan fingerprint density at radius 2 is 1.08 bits per heavy atom. The Bertz CT molecular complexity index is 2040. The second-order valence-electron chi connectivity index (χ2n) is 16.7. The molecule has 0 aromatic heterocycles. The fraction of sp³-hybridized carbons (Fsp3) is 0.600. The second kappa shape index (κ2) is 32.1. The predicted molar refractivity (Wildman–Crippen MR) is 253 cm³/mol. The third kappa shape index (κ3) is 20.8. The van der Waals surface area contributed by atoms with Crippen molar-refractivity contribution in [3.63, 3.8) is 0 Å². The molecule has 0 saturated carbocycles. The topological polar surface area (TPSA) is 249 Å². The van der Waals surface area contributed by atoms with Crippen molar-refractivity contribution in [2.45, 2.75) is 155 Å². The van der Waals surface area contributed by atoms with Crippen LogP contribution in [0, 0.1) is 0 Å². The van der Waals surface area contributed by atoms with E-state index in [1.54, 1.807) is 17.0 Å². The van der Waals surface area contributed by atoms with Gasteiger partial charge in [-0.2, -0.15) is 0 Å². The average molecular weight is 1040 g/mol. The van der Waals surface area contributed by atoms with E-state index >= 15 is 4.39 Å². The minimum absolute atomic E-state index is 0.0601. The molecule has 0 radical (unpaired) electrons. The molecule has 2 fully saturated rings. The highest BCUT2D eigenvalue weighted by molar-refractivity contribution is 7.45. The molecule has 1 unspecified atom stereocenters. The number of phosphoric acid groups is 1. The molecule has 72 heavy (non-hydrogen) atoms. The highest BCUT2D eigenvalue weighted by Gasteiger charge is 2.58. The number of phosphoric ester groups is 1. The van der Waals surface area contributed by atoms with Crippen molar-refractivity contribution in [2.75, 3.05) is 39.5 Å². The number of unbranched alkanes of at least 4 members (excludes halogenated alkanes) is 6. The van der Waals surface area contributed by atoms with Crippen molar-refractivity contribution in [3.05, 3.63) is 84.4 Å². The van der Waals surface area contributed by atoms with Crippen LogP contribution in [0.25, 0.3) is 0 Å². The molecule has 2 aromatic rings. The van der Waals surface area contributed by atoms with Crippen LogP contribution in [-0.4, -0.2) is 137 Å². The van der Waals surface area contributed by atoms with Crippen LogP contribution in [0.5, 0.6) is 0 Å². The maximum atomic E-state index is 15.4. The second-order valence-corrected chi connectivity index (χ2v) is 18.1. The molecule has 11 atom stereocenters. The van der Waals surface area contributed by atoms with E-state index in [4.69, 9.17) is 51.7 Å². The summed E-state index contributed by atoms with van der Waals surface area (Å²) in [6, 6.07) is 14.7. The number of halogens is 1. The summed E-state index contributed by atoms with van der Waals surface area (Å²) in [6.07, 6.45) is -11.8. The van der Waals surface area contributed by atoms with Crippen LogP contribution in [0.4, 0.5) is 4.39 Å². The van der Waals surface area contributed by atoms with Gasteiger partial charge in [0.2, 0.25) is 6.29 Å². The van der Waals surface area contributed by atoms with E-state index in [0.29, 0.717) is 12.8 Å². The van der Waals surface area contributed by atoms with E-state index in [9.17, 15) is 38.2 Å². The normalized spacial score (nSPS) is 24.5. The van der Waals surface area contributed by atoms with E-state index in [0.717, 1.165) is 59.8 Å². The fourth-order valence-corrected chi connectivity index (χ4v) is 8.52. The highest BCUT2D eigenvalue weighted by atomic mass is 31.2.